The van der Waals surface area contributed by atoms with Crippen molar-refractivity contribution in [1.82, 2.24) is 5.32 Å². The van der Waals surface area contributed by atoms with Crippen LogP contribution in [-0.4, -0.2) is 24.5 Å². The highest BCUT2D eigenvalue weighted by molar-refractivity contribution is 6.24. The van der Waals surface area contributed by atoms with Crippen LogP contribution in [0.1, 0.15) is 37.5 Å². The van der Waals surface area contributed by atoms with Crippen molar-refractivity contribution >= 4 is 17.5 Å². The summed E-state index contributed by atoms with van der Waals surface area (Å²) in [4.78, 5) is 34.0. The highest BCUT2D eigenvalue weighted by Crippen LogP contribution is 2.22. The summed E-state index contributed by atoms with van der Waals surface area (Å²) in [5.41, 5.74) is 1.19. The Morgan fingerprint density at radius 2 is 1.87 bits per heavy atom. The summed E-state index contributed by atoms with van der Waals surface area (Å²) in [5, 5.41) is 2.46. The van der Waals surface area contributed by atoms with Crippen LogP contribution in [0.3, 0.4) is 0 Å². The van der Waals surface area contributed by atoms with Crippen molar-refractivity contribution in [2.75, 3.05) is 7.05 Å². The van der Waals surface area contributed by atoms with Gasteiger partial charge in [-0.2, -0.15) is 0 Å². The first-order chi connectivity index (χ1) is 7.13. The van der Waals surface area contributed by atoms with Crippen molar-refractivity contribution in [2.45, 2.75) is 6.42 Å². The molecule has 1 aromatic rings. The number of hydrogen-bond donors (Lipinski definition) is 1. The van der Waals surface area contributed by atoms with Gasteiger partial charge in [-0.3, -0.25) is 14.4 Å². The zero-order chi connectivity index (χ0) is 11.0. The fraction of sp³-hybridized carbons (Fsp3) is 0.182. The quantitative estimate of drug-likeness (QED) is 0.687. The van der Waals surface area contributed by atoms with E-state index < -0.39 is 0 Å². The second-order valence-electron chi connectivity index (χ2n) is 3.36. The number of carbonyl (C=O) groups excluding carboxylic acids is 3. The van der Waals surface area contributed by atoms with Crippen LogP contribution in [0, 0.1) is 0 Å². The maximum absolute atomic E-state index is 11.4. The van der Waals surface area contributed by atoms with Crippen LogP contribution in [0.5, 0.6) is 0 Å². The summed E-state index contributed by atoms with van der Waals surface area (Å²) in [6.07, 6.45) is -0.0769. The third kappa shape index (κ3) is 1.44. The molecule has 0 spiro atoms. The van der Waals surface area contributed by atoms with E-state index in [9.17, 15) is 14.4 Å². The van der Waals surface area contributed by atoms with E-state index in [-0.39, 0.29) is 23.9 Å². The number of Topliss-reactive ketones (excluding diaryl/α,β-unsaturated/α-hetero) is 2. The zero-order valence-corrected chi connectivity index (χ0v) is 8.16. The van der Waals surface area contributed by atoms with E-state index in [1.807, 2.05) is 0 Å². The fourth-order valence-corrected chi connectivity index (χ4v) is 1.64. The predicted octanol–water partition coefficient (Wildman–Crippen LogP) is 0.815. The molecule has 4 nitrogen and oxygen atoms in total. The van der Waals surface area contributed by atoms with Crippen LogP contribution in [0.4, 0.5) is 0 Å². The minimum absolute atomic E-state index is 0.0769. The highest BCUT2D eigenvalue weighted by Gasteiger charge is 2.27. The molecule has 0 radical (unpaired) electrons. The second-order valence-corrected chi connectivity index (χ2v) is 3.36. The minimum Gasteiger partial charge on any atom is -0.355 e. The molecular weight excluding hydrogens is 194 g/mol. The Bertz CT molecular complexity index is 477. The number of hydrogen-bond acceptors (Lipinski definition) is 3. The largest absolute Gasteiger partial charge is 0.355 e. The molecule has 0 fully saturated rings. The first kappa shape index (κ1) is 9.58. The lowest BCUT2D eigenvalue weighted by Gasteiger charge is -2.01. The lowest BCUT2D eigenvalue weighted by molar-refractivity contribution is 0.0921. The summed E-state index contributed by atoms with van der Waals surface area (Å²) in [6, 6.07) is 4.56. The molecule has 1 aliphatic rings. The molecule has 4 heteroatoms. The number of benzene rings is 1. The molecule has 2 rings (SSSR count). The summed E-state index contributed by atoms with van der Waals surface area (Å²) in [5.74, 6) is -0.635. The Morgan fingerprint density at radius 1 is 1.20 bits per heavy atom. The smallest absolute Gasteiger partial charge is 0.251 e. The molecule has 0 aliphatic heterocycles. The summed E-state index contributed by atoms with van der Waals surface area (Å²) >= 11 is 0. The number of amides is 1. The molecule has 0 heterocycles. The van der Waals surface area contributed by atoms with Crippen molar-refractivity contribution in [3.63, 3.8) is 0 Å². The van der Waals surface area contributed by atoms with E-state index in [0.29, 0.717) is 16.7 Å². The number of carbonyl (C=O) groups is 3. The Labute approximate surface area is 86.3 Å². The third-order valence-electron chi connectivity index (χ3n) is 2.43. The number of fused-ring (bicyclic) bond motifs is 1. The molecule has 0 aromatic heterocycles. The average Bonchev–Trinajstić information content (AvgIpc) is 2.53. The van der Waals surface area contributed by atoms with E-state index in [4.69, 9.17) is 0 Å². The Morgan fingerprint density at radius 3 is 2.53 bits per heavy atom. The predicted molar refractivity (Wildman–Crippen MR) is 53.1 cm³/mol. The number of nitrogens with one attached hydrogen (secondary N) is 1. The van der Waals surface area contributed by atoms with Gasteiger partial charge in [0, 0.05) is 23.7 Å². The molecule has 1 aromatic carbocycles. The minimum atomic E-state index is -0.259. The Hall–Kier alpha value is -1.97. The van der Waals surface area contributed by atoms with E-state index >= 15 is 0 Å². The third-order valence-corrected chi connectivity index (χ3v) is 2.43. The van der Waals surface area contributed by atoms with E-state index in [1.165, 1.54) is 19.2 Å². The van der Waals surface area contributed by atoms with Crippen molar-refractivity contribution in [1.29, 1.82) is 0 Å². The first-order valence-corrected chi connectivity index (χ1v) is 4.56. The van der Waals surface area contributed by atoms with Crippen LogP contribution in [-0.2, 0) is 0 Å². The molecule has 15 heavy (non-hydrogen) atoms. The van der Waals surface area contributed by atoms with Gasteiger partial charge in [0.2, 0.25) is 0 Å². The number of ketones is 2. The monoisotopic (exact) mass is 203 g/mol. The number of rotatable bonds is 1. The van der Waals surface area contributed by atoms with Crippen LogP contribution >= 0.6 is 0 Å². The van der Waals surface area contributed by atoms with Gasteiger partial charge in [0.1, 0.15) is 0 Å². The van der Waals surface area contributed by atoms with Gasteiger partial charge in [0.15, 0.2) is 11.6 Å². The molecule has 76 valence electrons. The summed E-state index contributed by atoms with van der Waals surface area (Å²) in [7, 11) is 1.52. The van der Waals surface area contributed by atoms with Gasteiger partial charge >= 0.3 is 0 Å². The van der Waals surface area contributed by atoms with Crippen molar-refractivity contribution in [3.8, 4) is 0 Å². The van der Waals surface area contributed by atoms with E-state index in [0.717, 1.165) is 0 Å². The lowest BCUT2D eigenvalue weighted by atomic mass is 10.1. The molecule has 1 amide bonds. The Kier molecular flexibility index (Phi) is 2.11. The van der Waals surface area contributed by atoms with Gasteiger partial charge in [-0.25, -0.2) is 0 Å². The molecule has 0 atom stereocenters. The van der Waals surface area contributed by atoms with Gasteiger partial charge in [-0.15, -0.1) is 0 Å². The van der Waals surface area contributed by atoms with Crippen LogP contribution in [0.2, 0.25) is 0 Å². The van der Waals surface area contributed by atoms with Crippen molar-refractivity contribution in [3.05, 3.63) is 34.9 Å². The normalized spacial score (nSPS) is 13.9. The fourth-order valence-electron chi connectivity index (χ4n) is 1.64. The molecule has 0 saturated carbocycles. The topological polar surface area (TPSA) is 63.2 Å². The standard InChI is InChI=1S/C11H9NO3/c1-12-11(15)6-2-3-7-8(4-6)10(14)5-9(7)13/h2-4H,5H2,1H3,(H,12,15). The van der Waals surface area contributed by atoms with Crippen LogP contribution < -0.4 is 5.32 Å². The van der Waals surface area contributed by atoms with Crippen LogP contribution in [0.25, 0.3) is 0 Å². The van der Waals surface area contributed by atoms with Gasteiger partial charge in [-0.05, 0) is 18.2 Å². The molecule has 0 saturated heterocycles. The SMILES string of the molecule is CNC(=O)c1ccc2c(c1)C(=O)CC2=O. The molecular formula is C11H9NO3. The molecule has 1 aliphatic carbocycles. The summed E-state index contributed by atoms with van der Waals surface area (Å²) < 4.78 is 0. The van der Waals surface area contributed by atoms with Crippen molar-refractivity contribution < 1.29 is 14.4 Å². The molecule has 1 N–H and O–H groups in total. The molecule has 0 bridgehead atoms. The maximum atomic E-state index is 11.4. The lowest BCUT2D eigenvalue weighted by Crippen LogP contribution is -2.18. The first-order valence-electron chi connectivity index (χ1n) is 4.56. The zero-order valence-electron chi connectivity index (χ0n) is 8.16. The van der Waals surface area contributed by atoms with Gasteiger partial charge in [0.05, 0.1) is 6.42 Å². The van der Waals surface area contributed by atoms with Gasteiger partial charge in [-0.1, -0.05) is 0 Å². The van der Waals surface area contributed by atoms with Crippen LogP contribution in [0.15, 0.2) is 18.2 Å². The Balaban J connectivity index is 2.52. The van der Waals surface area contributed by atoms with E-state index in [1.54, 1.807) is 6.07 Å². The van der Waals surface area contributed by atoms with Gasteiger partial charge in [0.25, 0.3) is 5.91 Å². The second kappa shape index (κ2) is 3.31. The summed E-state index contributed by atoms with van der Waals surface area (Å²) in [6.45, 7) is 0. The highest BCUT2D eigenvalue weighted by atomic mass is 16.2. The van der Waals surface area contributed by atoms with Gasteiger partial charge < -0.3 is 5.32 Å². The average molecular weight is 203 g/mol. The van der Waals surface area contributed by atoms with Crippen molar-refractivity contribution in [2.24, 2.45) is 0 Å². The van der Waals surface area contributed by atoms with E-state index in [2.05, 4.69) is 5.32 Å². The molecule has 0 unspecified atom stereocenters. The maximum Gasteiger partial charge on any atom is 0.251 e.